The highest BCUT2D eigenvalue weighted by atomic mass is 35.5. The Hall–Kier alpha value is -0.620. The van der Waals surface area contributed by atoms with Crippen LogP contribution in [0.2, 0.25) is 0 Å². The first-order valence-electron chi connectivity index (χ1n) is 6.33. The maximum atomic E-state index is 12.2. The van der Waals surface area contributed by atoms with Gasteiger partial charge in [-0.3, -0.25) is 0 Å². The van der Waals surface area contributed by atoms with Crippen molar-refractivity contribution in [2.75, 3.05) is 25.4 Å². The average molecular weight is 305 g/mol. The molecule has 108 valence electrons. The highest BCUT2D eigenvalue weighted by molar-refractivity contribution is 7.89. The van der Waals surface area contributed by atoms with Gasteiger partial charge in [0.15, 0.2) is 0 Å². The molecule has 2 rings (SSSR count). The molecule has 1 heterocycles. The van der Waals surface area contributed by atoms with E-state index in [4.69, 9.17) is 0 Å². The van der Waals surface area contributed by atoms with Crippen molar-refractivity contribution in [3.63, 3.8) is 0 Å². The Kier molecular flexibility index (Phi) is 6.26. The summed E-state index contributed by atoms with van der Waals surface area (Å²) in [5, 5.41) is 3.25. The molecule has 4 nitrogen and oxygen atoms in total. The summed E-state index contributed by atoms with van der Waals surface area (Å²) in [6.07, 6.45) is 0.585. The molecule has 19 heavy (non-hydrogen) atoms. The third kappa shape index (κ3) is 4.76. The van der Waals surface area contributed by atoms with Crippen LogP contribution in [0.1, 0.15) is 12.5 Å². The normalized spacial score (nSPS) is 20.8. The molecule has 6 heteroatoms. The zero-order valence-corrected chi connectivity index (χ0v) is 12.7. The second-order valence-electron chi connectivity index (χ2n) is 4.76. The van der Waals surface area contributed by atoms with Crippen LogP contribution in [-0.2, 0) is 16.4 Å². The molecule has 1 aliphatic rings. The van der Waals surface area contributed by atoms with Crippen LogP contribution in [0.15, 0.2) is 30.3 Å². The van der Waals surface area contributed by atoms with Gasteiger partial charge in [-0.05, 0) is 18.9 Å². The molecule has 1 aliphatic heterocycles. The molecule has 1 N–H and O–H groups in total. The average Bonchev–Trinajstić information content (AvgIpc) is 2.38. The molecule has 1 unspecified atom stereocenters. The largest absolute Gasteiger partial charge is 0.312 e. The highest BCUT2D eigenvalue weighted by Gasteiger charge is 2.26. The van der Waals surface area contributed by atoms with Gasteiger partial charge in [0.2, 0.25) is 10.0 Å². The maximum Gasteiger partial charge on any atom is 0.214 e. The first-order chi connectivity index (χ1) is 8.58. The van der Waals surface area contributed by atoms with Crippen molar-refractivity contribution < 1.29 is 8.42 Å². The maximum absolute atomic E-state index is 12.2. The number of halogens is 1. The molecule has 0 saturated carbocycles. The first kappa shape index (κ1) is 16.4. The standard InChI is InChI=1S/C13H20N2O2S.ClH/c1-12-11-15(9-8-14-12)18(16,17)10-7-13-5-3-2-4-6-13;/h2-6,12,14H,7-11H2,1H3;1H. The number of nitrogens with one attached hydrogen (secondary N) is 1. The lowest BCUT2D eigenvalue weighted by atomic mass is 10.2. The summed E-state index contributed by atoms with van der Waals surface area (Å²) in [6, 6.07) is 10.00. The molecule has 0 radical (unpaired) electrons. The van der Waals surface area contributed by atoms with E-state index in [1.54, 1.807) is 4.31 Å². The summed E-state index contributed by atoms with van der Waals surface area (Å²) in [7, 11) is -3.12. The van der Waals surface area contributed by atoms with E-state index in [2.05, 4.69) is 5.32 Å². The fraction of sp³-hybridized carbons (Fsp3) is 0.538. The van der Waals surface area contributed by atoms with Gasteiger partial charge in [0.1, 0.15) is 0 Å². The molecule has 1 aromatic carbocycles. The van der Waals surface area contributed by atoms with Gasteiger partial charge in [0, 0.05) is 25.7 Å². The Morgan fingerprint density at radius 2 is 2.00 bits per heavy atom. The van der Waals surface area contributed by atoms with E-state index in [-0.39, 0.29) is 24.2 Å². The Morgan fingerprint density at radius 3 is 2.63 bits per heavy atom. The zero-order chi connectivity index (χ0) is 13.0. The summed E-state index contributed by atoms with van der Waals surface area (Å²) < 4.78 is 26.0. The molecular formula is C13H21ClN2O2S. The Bertz CT molecular complexity index is 479. The third-order valence-electron chi connectivity index (χ3n) is 3.22. The van der Waals surface area contributed by atoms with Gasteiger partial charge in [0.05, 0.1) is 5.75 Å². The number of piperazine rings is 1. The van der Waals surface area contributed by atoms with Crippen LogP contribution in [0.5, 0.6) is 0 Å². The summed E-state index contributed by atoms with van der Waals surface area (Å²) in [4.78, 5) is 0. The quantitative estimate of drug-likeness (QED) is 0.911. The van der Waals surface area contributed by atoms with Crippen LogP contribution in [-0.4, -0.2) is 44.2 Å². The van der Waals surface area contributed by atoms with Crippen LogP contribution in [0.4, 0.5) is 0 Å². The summed E-state index contributed by atoms with van der Waals surface area (Å²) in [6.45, 7) is 3.92. The number of nitrogens with zero attached hydrogens (tertiary/aromatic N) is 1. The topological polar surface area (TPSA) is 49.4 Å². The van der Waals surface area contributed by atoms with Crippen LogP contribution in [0.3, 0.4) is 0 Å². The molecule has 0 aliphatic carbocycles. The van der Waals surface area contributed by atoms with Crippen LogP contribution >= 0.6 is 12.4 Å². The van der Waals surface area contributed by atoms with E-state index >= 15 is 0 Å². The van der Waals surface area contributed by atoms with Crippen molar-refractivity contribution >= 4 is 22.4 Å². The lowest BCUT2D eigenvalue weighted by molar-refractivity contribution is 0.310. The number of sulfonamides is 1. The van der Waals surface area contributed by atoms with E-state index in [0.29, 0.717) is 19.5 Å². The van der Waals surface area contributed by atoms with Crippen molar-refractivity contribution in [2.24, 2.45) is 0 Å². The number of hydrogen-bond donors (Lipinski definition) is 1. The van der Waals surface area contributed by atoms with Crippen molar-refractivity contribution in [3.05, 3.63) is 35.9 Å². The van der Waals surface area contributed by atoms with Crippen molar-refractivity contribution in [1.82, 2.24) is 9.62 Å². The number of rotatable bonds is 4. The predicted octanol–water partition coefficient (Wildman–Crippen LogP) is 1.27. The number of aryl methyl sites for hydroxylation is 1. The number of benzene rings is 1. The van der Waals surface area contributed by atoms with E-state index in [0.717, 1.165) is 12.1 Å². The molecular weight excluding hydrogens is 284 g/mol. The fourth-order valence-electron chi connectivity index (χ4n) is 2.17. The zero-order valence-electron chi connectivity index (χ0n) is 11.1. The lowest BCUT2D eigenvalue weighted by Gasteiger charge is -2.31. The molecule has 1 aromatic rings. The lowest BCUT2D eigenvalue weighted by Crippen LogP contribution is -2.51. The third-order valence-corrected chi connectivity index (χ3v) is 5.05. The van der Waals surface area contributed by atoms with Gasteiger partial charge in [0.25, 0.3) is 0 Å². The smallest absolute Gasteiger partial charge is 0.214 e. The Labute approximate surface area is 121 Å². The summed E-state index contributed by atoms with van der Waals surface area (Å²) >= 11 is 0. The molecule has 0 spiro atoms. The highest BCUT2D eigenvalue weighted by Crippen LogP contribution is 2.09. The fourth-order valence-corrected chi connectivity index (χ4v) is 3.74. The minimum absolute atomic E-state index is 0. The number of hydrogen-bond acceptors (Lipinski definition) is 3. The van der Waals surface area contributed by atoms with E-state index in [1.807, 2.05) is 37.3 Å². The molecule has 1 fully saturated rings. The Balaban J connectivity index is 0.00000180. The first-order valence-corrected chi connectivity index (χ1v) is 7.94. The molecule has 0 bridgehead atoms. The summed E-state index contributed by atoms with van der Waals surface area (Å²) in [5.41, 5.74) is 1.07. The molecule has 0 amide bonds. The minimum Gasteiger partial charge on any atom is -0.312 e. The van der Waals surface area contributed by atoms with Gasteiger partial charge < -0.3 is 5.32 Å². The van der Waals surface area contributed by atoms with Gasteiger partial charge >= 0.3 is 0 Å². The Morgan fingerprint density at radius 1 is 1.32 bits per heavy atom. The van der Waals surface area contributed by atoms with Gasteiger partial charge in [-0.15, -0.1) is 12.4 Å². The monoisotopic (exact) mass is 304 g/mol. The van der Waals surface area contributed by atoms with Gasteiger partial charge in [-0.2, -0.15) is 4.31 Å². The SMILES string of the molecule is CC1CN(S(=O)(=O)CCc2ccccc2)CCN1.Cl. The second-order valence-corrected chi connectivity index (χ2v) is 6.85. The van der Waals surface area contributed by atoms with Crippen molar-refractivity contribution in [3.8, 4) is 0 Å². The van der Waals surface area contributed by atoms with Crippen LogP contribution < -0.4 is 5.32 Å². The molecule has 1 atom stereocenters. The minimum atomic E-state index is -3.12. The van der Waals surface area contributed by atoms with Crippen LogP contribution in [0.25, 0.3) is 0 Å². The molecule has 0 aromatic heterocycles. The van der Waals surface area contributed by atoms with Gasteiger partial charge in [-0.25, -0.2) is 8.42 Å². The van der Waals surface area contributed by atoms with Crippen molar-refractivity contribution in [1.29, 1.82) is 0 Å². The molecule has 1 saturated heterocycles. The van der Waals surface area contributed by atoms with E-state index in [9.17, 15) is 8.42 Å². The van der Waals surface area contributed by atoms with Gasteiger partial charge in [-0.1, -0.05) is 30.3 Å². The van der Waals surface area contributed by atoms with Crippen LogP contribution in [0, 0.1) is 0 Å². The van der Waals surface area contributed by atoms with Crippen molar-refractivity contribution in [2.45, 2.75) is 19.4 Å². The van der Waals surface area contributed by atoms with E-state index < -0.39 is 10.0 Å². The van der Waals surface area contributed by atoms with E-state index in [1.165, 1.54) is 0 Å². The summed E-state index contributed by atoms with van der Waals surface area (Å²) in [5.74, 6) is 0.198. The predicted molar refractivity (Wildman–Crippen MR) is 80.2 cm³/mol. The second kappa shape index (κ2) is 7.24.